The normalized spacial score (nSPS) is 11.3. The van der Waals surface area contributed by atoms with Crippen LogP contribution in [-0.2, 0) is 10.0 Å². The third kappa shape index (κ3) is 5.23. The maximum atomic E-state index is 12.8. The molecule has 0 unspecified atom stereocenters. The number of rotatable bonds is 7. The zero-order chi connectivity index (χ0) is 22.5. The predicted octanol–water partition coefficient (Wildman–Crippen LogP) is 3.11. The molecule has 0 aliphatic carbocycles. The van der Waals surface area contributed by atoms with E-state index in [4.69, 9.17) is 27.9 Å². The molecule has 0 saturated heterocycles. The number of carbonyl (C=O) groups excluding carboxylic acids is 2. The Labute approximate surface area is 185 Å². The molecule has 0 bridgehead atoms. The van der Waals surface area contributed by atoms with Crippen LogP contribution in [-0.4, -0.2) is 44.7 Å². The lowest BCUT2D eigenvalue weighted by molar-refractivity contribution is 0.0845. The highest BCUT2D eigenvalue weighted by Gasteiger charge is 2.25. The van der Waals surface area contributed by atoms with Crippen molar-refractivity contribution in [3.8, 4) is 5.75 Å². The molecule has 2 aromatic carbocycles. The van der Waals surface area contributed by atoms with Gasteiger partial charge in [0.25, 0.3) is 11.8 Å². The molecule has 0 heterocycles. The van der Waals surface area contributed by atoms with E-state index in [1.54, 1.807) is 19.9 Å². The summed E-state index contributed by atoms with van der Waals surface area (Å²) >= 11 is 12.0. The largest absolute Gasteiger partial charge is 0.496 e. The summed E-state index contributed by atoms with van der Waals surface area (Å²) in [6.07, 6.45) is 0. The summed E-state index contributed by atoms with van der Waals surface area (Å²) in [5, 5.41) is 0.308. The summed E-state index contributed by atoms with van der Waals surface area (Å²) in [5.41, 5.74) is 4.60. The van der Waals surface area contributed by atoms with Crippen molar-refractivity contribution in [2.75, 3.05) is 20.2 Å². The van der Waals surface area contributed by atoms with Crippen LogP contribution in [0.2, 0.25) is 10.0 Å². The van der Waals surface area contributed by atoms with Crippen LogP contribution < -0.4 is 15.6 Å². The maximum absolute atomic E-state index is 12.8. The molecule has 0 atom stereocenters. The second kappa shape index (κ2) is 10.1. The van der Waals surface area contributed by atoms with Gasteiger partial charge in [0.15, 0.2) is 0 Å². The zero-order valence-corrected chi connectivity index (χ0v) is 18.9. The van der Waals surface area contributed by atoms with E-state index in [1.165, 1.54) is 35.7 Å². The Bertz CT molecular complexity index is 1060. The minimum absolute atomic E-state index is 0.00323. The highest BCUT2D eigenvalue weighted by Crippen LogP contribution is 2.26. The topological polar surface area (TPSA) is 105 Å². The number of amides is 2. The molecule has 0 radical (unpaired) electrons. The average Bonchev–Trinajstić information content (AvgIpc) is 2.72. The van der Waals surface area contributed by atoms with Crippen LogP contribution in [0.4, 0.5) is 0 Å². The summed E-state index contributed by atoms with van der Waals surface area (Å²) < 4.78 is 31.8. The van der Waals surface area contributed by atoms with Crippen molar-refractivity contribution in [3.63, 3.8) is 0 Å². The summed E-state index contributed by atoms with van der Waals surface area (Å²) in [5.74, 6) is -1.12. The molecule has 0 aliphatic rings. The lowest BCUT2D eigenvalue weighted by Crippen LogP contribution is -2.41. The van der Waals surface area contributed by atoms with Crippen LogP contribution in [0, 0.1) is 0 Å². The number of methoxy groups -OCH3 is 1. The summed E-state index contributed by atoms with van der Waals surface area (Å²) in [7, 11) is -2.48. The van der Waals surface area contributed by atoms with Gasteiger partial charge in [-0.15, -0.1) is 0 Å². The van der Waals surface area contributed by atoms with Gasteiger partial charge in [0.1, 0.15) is 10.6 Å². The summed E-state index contributed by atoms with van der Waals surface area (Å²) in [6, 6.07) is 8.29. The van der Waals surface area contributed by atoms with Gasteiger partial charge in [0, 0.05) is 23.7 Å². The van der Waals surface area contributed by atoms with Gasteiger partial charge < -0.3 is 4.74 Å². The number of sulfonamides is 1. The van der Waals surface area contributed by atoms with Gasteiger partial charge >= 0.3 is 0 Å². The molecule has 162 valence electrons. The number of halogens is 2. The Morgan fingerprint density at radius 3 is 2.23 bits per heavy atom. The predicted molar refractivity (Wildman–Crippen MR) is 114 cm³/mol. The molecule has 30 heavy (non-hydrogen) atoms. The molecule has 2 rings (SSSR count). The molecule has 0 saturated carbocycles. The van der Waals surface area contributed by atoms with E-state index < -0.39 is 21.8 Å². The summed E-state index contributed by atoms with van der Waals surface area (Å²) in [4.78, 5) is 24.6. The molecule has 11 heteroatoms. The van der Waals surface area contributed by atoms with Crippen LogP contribution in [0.1, 0.15) is 34.6 Å². The second-order valence-corrected chi connectivity index (χ2v) is 8.74. The van der Waals surface area contributed by atoms with Crippen molar-refractivity contribution >= 4 is 45.0 Å². The van der Waals surface area contributed by atoms with Crippen molar-refractivity contribution < 1.29 is 22.7 Å². The fourth-order valence-corrected chi connectivity index (χ4v) is 4.79. The number of nitrogens with one attached hydrogen (secondary N) is 2. The molecular formula is C19H21Cl2N3O5S. The van der Waals surface area contributed by atoms with Crippen molar-refractivity contribution in [1.82, 2.24) is 15.2 Å². The Kier molecular flexibility index (Phi) is 8.08. The fraction of sp³-hybridized carbons (Fsp3) is 0.263. The number of nitrogens with zero attached hydrogens (tertiary/aromatic N) is 1. The van der Waals surface area contributed by atoms with E-state index in [0.29, 0.717) is 5.02 Å². The van der Waals surface area contributed by atoms with E-state index in [0.717, 1.165) is 6.07 Å². The van der Waals surface area contributed by atoms with Crippen LogP contribution in [0.25, 0.3) is 0 Å². The SMILES string of the molecule is CCN(CC)S(=O)(=O)c1cc(C(=O)NNC(=O)c2cc(Cl)ccc2OC)ccc1Cl. The highest BCUT2D eigenvalue weighted by molar-refractivity contribution is 7.89. The van der Waals surface area contributed by atoms with Gasteiger partial charge in [-0.3, -0.25) is 20.4 Å². The number of hydrazine groups is 1. The number of hydrogen-bond acceptors (Lipinski definition) is 5. The molecule has 0 fully saturated rings. The Morgan fingerprint density at radius 1 is 1.00 bits per heavy atom. The standard InChI is InChI=1S/C19H21Cl2N3O5S/c1-4-24(5-2)30(27,28)17-10-12(6-8-15(17)21)18(25)22-23-19(26)14-11-13(20)7-9-16(14)29-3/h6-11H,4-5H2,1-3H3,(H,22,25)(H,23,26). The number of ether oxygens (including phenoxy) is 1. The van der Waals surface area contributed by atoms with E-state index in [2.05, 4.69) is 10.9 Å². The molecule has 2 amide bonds. The van der Waals surface area contributed by atoms with Gasteiger partial charge in [-0.2, -0.15) is 4.31 Å². The smallest absolute Gasteiger partial charge is 0.273 e. The first kappa shape index (κ1) is 23.9. The van der Waals surface area contributed by atoms with Crippen LogP contribution in [0.3, 0.4) is 0 Å². The van der Waals surface area contributed by atoms with E-state index in [1.807, 2.05) is 0 Å². The van der Waals surface area contributed by atoms with Crippen molar-refractivity contribution in [1.29, 1.82) is 0 Å². The van der Waals surface area contributed by atoms with Gasteiger partial charge in [-0.25, -0.2) is 8.42 Å². The van der Waals surface area contributed by atoms with Crippen molar-refractivity contribution in [2.24, 2.45) is 0 Å². The quantitative estimate of drug-likeness (QED) is 0.601. The van der Waals surface area contributed by atoms with Gasteiger partial charge in [-0.05, 0) is 36.4 Å². The molecule has 2 N–H and O–H groups in total. The second-order valence-electron chi connectivity index (χ2n) is 5.99. The maximum Gasteiger partial charge on any atom is 0.273 e. The highest BCUT2D eigenvalue weighted by atomic mass is 35.5. The van der Waals surface area contributed by atoms with Crippen LogP contribution in [0.5, 0.6) is 5.75 Å². The zero-order valence-electron chi connectivity index (χ0n) is 16.5. The first-order valence-electron chi connectivity index (χ1n) is 8.89. The lowest BCUT2D eigenvalue weighted by Gasteiger charge is -2.19. The number of hydrogen-bond donors (Lipinski definition) is 2. The van der Waals surface area contributed by atoms with Gasteiger partial charge in [-0.1, -0.05) is 37.0 Å². The third-order valence-electron chi connectivity index (χ3n) is 4.21. The third-order valence-corrected chi connectivity index (χ3v) is 6.98. The Hall–Kier alpha value is -2.33. The molecule has 0 spiro atoms. The molecule has 8 nitrogen and oxygen atoms in total. The minimum Gasteiger partial charge on any atom is -0.496 e. The first-order valence-corrected chi connectivity index (χ1v) is 11.1. The summed E-state index contributed by atoms with van der Waals surface area (Å²) in [6.45, 7) is 3.91. The van der Waals surface area contributed by atoms with E-state index in [9.17, 15) is 18.0 Å². The van der Waals surface area contributed by atoms with Crippen LogP contribution >= 0.6 is 23.2 Å². The number of carbonyl (C=O) groups is 2. The molecule has 0 aromatic heterocycles. The van der Waals surface area contributed by atoms with Crippen molar-refractivity contribution in [2.45, 2.75) is 18.7 Å². The number of benzene rings is 2. The first-order chi connectivity index (χ1) is 14.1. The lowest BCUT2D eigenvalue weighted by atomic mass is 10.2. The van der Waals surface area contributed by atoms with E-state index in [-0.39, 0.29) is 39.9 Å². The molecule has 2 aromatic rings. The Balaban J connectivity index is 2.23. The van der Waals surface area contributed by atoms with Crippen LogP contribution in [0.15, 0.2) is 41.3 Å². The monoisotopic (exact) mass is 473 g/mol. The van der Waals surface area contributed by atoms with Crippen molar-refractivity contribution in [3.05, 3.63) is 57.6 Å². The van der Waals surface area contributed by atoms with E-state index >= 15 is 0 Å². The minimum atomic E-state index is -3.87. The average molecular weight is 474 g/mol. The van der Waals surface area contributed by atoms with Gasteiger partial charge in [0.2, 0.25) is 10.0 Å². The fourth-order valence-electron chi connectivity index (χ4n) is 2.66. The van der Waals surface area contributed by atoms with Gasteiger partial charge in [0.05, 0.1) is 17.7 Å². The molecule has 0 aliphatic heterocycles. The Morgan fingerprint density at radius 2 is 1.63 bits per heavy atom. The molecular weight excluding hydrogens is 453 g/mol.